The van der Waals surface area contributed by atoms with E-state index in [1.165, 1.54) is 25.4 Å². The normalized spacial score (nSPS) is 19.1. The topological polar surface area (TPSA) is 85.9 Å². The van der Waals surface area contributed by atoms with Gasteiger partial charge in [0, 0.05) is 35.6 Å². The highest BCUT2D eigenvalue weighted by molar-refractivity contribution is 6.62. The lowest BCUT2D eigenvalue weighted by Gasteiger charge is -2.32. The highest BCUT2D eigenvalue weighted by Gasteiger charge is 2.52. The average molecular weight is 393 g/mol. The van der Waals surface area contributed by atoms with Crippen LogP contribution < -0.4 is 16.5 Å². The summed E-state index contributed by atoms with van der Waals surface area (Å²) in [6.45, 7) is 8.72. The molecule has 1 aliphatic rings. The first-order valence-electron chi connectivity index (χ1n) is 8.92. The van der Waals surface area contributed by atoms with Crippen molar-refractivity contribution in [3.8, 4) is 0 Å². The summed E-state index contributed by atoms with van der Waals surface area (Å²) >= 11 is 0. The van der Waals surface area contributed by atoms with Crippen LogP contribution in [0.25, 0.3) is 5.57 Å². The average Bonchev–Trinajstić information content (AvgIpc) is 2.81. The SMILES string of the molecule is CNC(=O)CN=C/C(=C(/C)N)c1ccc(B2OC(C)(C)C(C)(C)O2)c(F)c1F. The minimum absolute atomic E-state index is 0.0313. The number of hydrogen-bond donors (Lipinski definition) is 2. The van der Waals surface area contributed by atoms with Gasteiger partial charge in [-0.2, -0.15) is 0 Å². The van der Waals surface area contributed by atoms with Crippen molar-refractivity contribution in [2.24, 2.45) is 10.7 Å². The molecule has 3 N–H and O–H groups in total. The zero-order valence-electron chi connectivity index (χ0n) is 17.0. The van der Waals surface area contributed by atoms with Crippen molar-refractivity contribution in [3.05, 3.63) is 35.0 Å². The molecule has 1 aliphatic heterocycles. The van der Waals surface area contributed by atoms with E-state index in [1.807, 2.05) is 27.7 Å². The Hall–Kier alpha value is -2.26. The predicted molar refractivity (Wildman–Crippen MR) is 106 cm³/mol. The summed E-state index contributed by atoms with van der Waals surface area (Å²) in [5.74, 6) is -2.47. The van der Waals surface area contributed by atoms with Crippen molar-refractivity contribution in [1.82, 2.24) is 5.32 Å². The first-order valence-corrected chi connectivity index (χ1v) is 8.92. The first kappa shape index (κ1) is 22.0. The lowest BCUT2D eigenvalue weighted by Crippen LogP contribution is -2.41. The van der Waals surface area contributed by atoms with Crippen LogP contribution in [-0.2, 0) is 14.1 Å². The van der Waals surface area contributed by atoms with Crippen LogP contribution in [0.4, 0.5) is 8.78 Å². The number of nitrogens with zero attached hydrogens (tertiary/aromatic N) is 1. The van der Waals surface area contributed by atoms with Crippen LogP contribution >= 0.6 is 0 Å². The van der Waals surface area contributed by atoms with Crippen LogP contribution in [0.2, 0.25) is 0 Å². The lowest BCUT2D eigenvalue weighted by molar-refractivity contribution is -0.119. The Balaban J connectivity index is 2.38. The Morgan fingerprint density at radius 2 is 1.79 bits per heavy atom. The fourth-order valence-corrected chi connectivity index (χ4v) is 2.61. The molecule has 0 unspecified atom stereocenters. The molecule has 2 rings (SSSR count). The molecule has 0 aliphatic carbocycles. The first-order chi connectivity index (χ1) is 12.9. The fourth-order valence-electron chi connectivity index (χ4n) is 2.61. The van der Waals surface area contributed by atoms with Gasteiger partial charge in [0.25, 0.3) is 0 Å². The summed E-state index contributed by atoms with van der Waals surface area (Å²) in [7, 11) is 0.452. The number of benzene rings is 1. The van der Waals surface area contributed by atoms with E-state index in [2.05, 4.69) is 10.3 Å². The van der Waals surface area contributed by atoms with Crippen LogP contribution in [0.3, 0.4) is 0 Å². The largest absolute Gasteiger partial charge is 0.497 e. The number of hydrogen-bond acceptors (Lipinski definition) is 5. The molecule has 0 bridgehead atoms. The van der Waals surface area contributed by atoms with E-state index in [0.29, 0.717) is 0 Å². The third-order valence-corrected chi connectivity index (χ3v) is 5.07. The van der Waals surface area contributed by atoms with Gasteiger partial charge in [-0.3, -0.25) is 9.79 Å². The molecule has 0 radical (unpaired) electrons. The van der Waals surface area contributed by atoms with Gasteiger partial charge >= 0.3 is 7.12 Å². The maximum atomic E-state index is 14.8. The van der Waals surface area contributed by atoms with Gasteiger partial charge in [0.05, 0.1) is 11.2 Å². The molecular formula is C19H26BF2N3O3. The molecule has 1 saturated heterocycles. The van der Waals surface area contributed by atoms with Crippen molar-refractivity contribution in [2.75, 3.05) is 13.6 Å². The molecule has 0 saturated carbocycles. The third-order valence-electron chi connectivity index (χ3n) is 5.07. The third kappa shape index (κ3) is 4.25. The van der Waals surface area contributed by atoms with Gasteiger partial charge in [0.2, 0.25) is 5.91 Å². The maximum Gasteiger partial charge on any atom is 0.497 e. The predicted octanol–water partition coefficient (Wildman–Crippen LogP) is 1.77. The zero-order valence-corrected chi connectivity index (χ0v) is 17.0. The molecule has 0 atom stereocenters. The number of nitrogens with two attached hydrogens (primary N) is 1. The second-order valence-corrected chi connectivity index (χ2v) is 7.66. The molecule has 0 spiro atoms. The highest BCUT2D eigenvalue weighted by Crippen LogP contribution is 2.37. The summed E-state index contributed by atoms with van der Waals surface area (Å²) in [5.41, 5.74) is 4.81. The van der Waals surface area contributed by atoms with Gasteiger partial charge < -0.3 is 20.4 Å². The second kappa shape index (κ2) is 8.01. The van der Waals surface area contributed by atoms with E-state index in [-0.39, 0.29) is 34.7 Å². The number of carbonyl (C=O) groups excluding carboxylic acids is 1. The maximum absolute atomic E-state index is 14.8. The highest BCUT2D eigenvalue weighted by atomic mass is 19.2. The second-order valence-electron chi connectivity index (χ2n) is 7.66. The molecule has 28 heavy (non-hydrogen) atoms. The quantitative estimate of drug-likeness (QED) is 0.590. The van der Waals surface area contributed by atoms with E-state index in [0.717, 1.165) is 0 Å². The van der Waals surface area contributed by atoms with Crippen LogP contribution in [-0.4, -0.2) is 44.0 Å². The molecule has 1 amide bonds. The smallest absolute Gasteiger partial charge is 0.402 e. The van der Waals surface area contributed by atoms with Gasteiger partial charge in [-0.05, 0) is 34.6 Å². The Morgan fingerprint density at radius 3 is 2.29 bits per heavy atom. The Morgan fingerprint density at radius 1 is 1.21 bits per heavy atom. The van der Waals surface area contributed by atoms with E-state index in [9.17, 15) is 13.6 Å². The summed E-state index contributed by atoms with van der Waals surface area (Å²) in [5, 5.41) is 2.42. The van der Waals surface area contributed by atoms with Crippen molar-refractivity contribution in [3.63, 3.8) is 0 Å². The number of aliphatic imine (C=N–C) groups is 1. The van der Waals surface area contributed by atoms with Crippen LogP contribution in [0.5, 0.6) is 0 Å². The summed E-state index contributed by atoms with van der Waals surface area (Å²) in [4.78, 5) is 15.2. The molecule has 1 aromatic carbocycles. The number of amides is 1. The lowest BCUT2D eigenvalue weighted by atomic mass is 9.77. The monoisotopic (exact) mass is 393 g/mol. The van der Waals surface area contributed by atoms with Crippen molar-refractivity contribution < 1.29 is 22.9 Å². The van der Waals surface area contributed by atoms with Crippen molar-refractivity contribution in [2.45, 2.75) is 45.8 Å². The Kier molecular flexibility index (Phi) is 6.30. The molecular weight excluding hydrogens is 367 g/mol. The fraction of sp³-hybridized carbons (Fsp3) is 0.474. The zero-order chi connectivity index (χ0) is 21.3. The van der Waals surface area contributed by atoms with E-state index in [1.54, 1.807) is 6.92 Å². The van der Waals surface area contributed by atoms with Crippen LogP contribution in [0, 0.1) is 11.6 Å². The molecule has 9 heteroatoms. The Labute approximate surface area is 164 Å². The van der Waals surface area contributed by atoms with Gasteiger partial charge in [-0.15, -0.1) is 0 Å². The molecule has 0 aromatic heterocycles. The number of allylic oxidation sites excluding steroid dienone is 2. The molecule has 1 aromatic rings. The Bertz CT molecular complexity index is 818. The standard InChI is InChI=1S/C19H26BF2N3O3/c1-11(23)13(9-25-10-15(26)24-6)12-7-8-14(17(22)16(12)21)20-27-18(2,3)19(4,5)28-20/h7-9H,10,23H2,1-6H3,(H,24,26)/b13-11+,25-9?. The van der Waals surface area contributed by atoms with Crippen LogP contribution in [0.1, 0.15) is 40.2 Å². The minimum Gasteiger partial charge on any atom is -0.402 e. The van der Waals surface area contributed by atoms with Gasteiger partial charge in [0.15, 0.2) is 11.6 Å². The number of rotatable bonds is 5. The summed E-state index contributed by atoms with van der Waals surface area (Å²) in [6.07, 6.45) is 1.26. The van der Waals surface area contributed by atoms with Gasteiger partial charge in [0.1, 0.15) is 6.54 Å². The number of likely N-dealkylation sites (N-methyl/N-ethyl adjacent to an activating group) is 1. The number of nitrogens with one attached hydrogen (secondary N) is 1. The molecule has 1 heterocycles. The molecule has 1 fully saturated rings. The minimum atomic E-state index is -1.08. The summed E-state index contributed by atoms with van der Waals surface area (Å²) in [6, 6.07) is 2.81. The van der Waals surface area contributed by atoms with Crippen molar-refractivity contribution in [1.29, 1.82) is 0 Å². The van der Waals surface area contributed by atoms with Crippen molar-refractivity contribution >= 4 is 30.3 Å². The summed E-state index contributed by atoms with van der Waals surface area (Å²) < 4.78 is 41.3. The number of carbonyl (C=O) groups is 1. The van der Waals surface area contributed by atoms with E-state index >= 15 is 0 Å². The van der Waals surface area contributed by atoms with E-state index < -0.39 is 30.0 Å². The molecule has 152 valence electrons. The molecule has 6 nitrogen and oxygen atoms in total. The van der Waals surface area contributed by atoms with Gasteiger partial charge in [-0.1, -0.05) is 12.1 Å². The van der Waals surface area contributed by atoms with E-state index in [4.69, 9.17) is 15.0 Å². The number of halogens is 2. The van der Waals surface area contributed by atoms with Gasteiger partial charge in [-0.25, -0.2) is 8.78 Å². The van der Waals surface area contributed by atoms with Crippen LogP contribution in [0.15, 0.2) is 22.8 Å².